The van der Waals surface area contributed by atoms with Crippen molar-refractivity contribution >= 4 is 65.4 Å². The Morgan fingerprint density at radius 2 is 0.632 bits per heavy atom. The third-order valence-electron chi connectivity index (χ3n) is 11.8. The van der Waals surface area contributed by atoms with E-state index in [9.17, 15) is 0 Å². The predicted molar refractivity (Wildman–Crippen MR) is 240 cm³/mol. The van der Waals surface area contributed by atoms with Crippen LogP contribution in [0.1, 0.15) is 0 Å². The quantitative estimate of drug-likeness (QED) is 0.168. The number of benzene rings is 9. The molecule has 9 aromatic carbocycles. The Morgan fingerprint density at radius 3 is 1.25 bits per heavy atom. The van der Waals surface area contributed by atoms with Gasteiger partial charge in [-0.1, -0.05) is 140 Å². The Hall–Kier alpha value is -7.62. The van der Waals surface area contributed by atoms with Crippen LogP contribution in [0.2, 0.25) is 0 Å². The van der Waals surface area contributed by atoms with Crippen LogP contribution < -0.4 is 0 Å². The summed E-state index contributed by atoms with van der Waals surface area (Å²) < 4.78 is 7.28. The second-order valence-electron chi connectivity index (χ2n) is 14.9. The first-order valence-corrected chi connectivity index (χ1v) is 19.6. The Morgan fingerprint density at radius 1 is 0.228 bits per heavy atom. The Kier molecular flexibility index (Phi) is 6.93. The minimum absolute atomic E-state index is 1.14. The van der Waals surface area contributed by atoms with Gasteiger partial charge in [0.1, 0.15) is 0 Å². The molecule has 0 radical (unpaired) electrons. The lowest BCUT2D eigenvalue weighted by atomic mass is 9.99. The van der Waals surface area contributed by atoms with Gasteiger partial charge in [0, 0.05) is 49.4 Å². The highest BCUT2D eigenvalue weighted by Crippen LogP contribution is 2.44. The number of fused-ring (bicyclic) bond motifs is 10. The first-order valence-electron chi connectivity index (χ1n) is 19.6. The van der Waals surface area contributed by atoms with Gasteiger partial charge in [-0.3, -0.25) is 0 Å². The van der Waals surface area contributed by atoms with Crippen LogP contribution in [0.3, 0.4) is 0 Å². The summed E-state index contributed by atoms with van der Waals surface area (Å²) in [5.74, 6) is 0. The Balaban J connectivity index is 1.08. The van der Waals surface area contributed by atoms with Crippen molar-refractivity contribution in [1.29, 1.82) is 0 Å². The number of rotatable bonds is 5. The fourth-order valence-electron chi connectivity index (χ4n) is 9.44. The molecule has 3 heteroatoms. The summed E-state index contributed by atoms with van der Waals surface area (Å²) in [6.07, 6.45) is 0. The summed E-state index contributed by atoms with van der Waals surface area (Å²) in [7, 11) is 0. The summed E-state index contributed by atoms with van der Waals surface area (Å²) in [5.41, 5.74) is 15.5. The van der Waals surface area contributed by atoms with E-state index in [1.807, 2.05) is 0 Å². The van der Waals surface area contributed by atoms with E-state index in [2.05, 4.69) is 226 Å². The zero-order valence-corrected chi connectivity index (χ0v) is 31.0. The predicted octanol–water partition coefficient (Wildman–Crippen LogP) is 14.3. The van der Waals surface area contributed by atoms with Gasteiger partial charge in [0.25, 0.3) is 0 Å². The average molecular weight is 726 g/mol. The normalized spacial score (nSPS) is 11.9. The van der Waals surface area contributed by atoms with Gasteiger partial charge in [0.05, 0.1) is 33.1 Å². The lowest BCUT2D eigenvalue weighted by Crippen LogP contribution is -1.95. The number of hydrogen-bond acceptors (Lipinski definition) is 0. The van der Waals surface area contributed by atoms with Crippen molar-refractivity contribution in [3.05, 3.63) is 212 Å². The lowest BCUT2D eigenvalue weighted by Gasteiger charge is -2.12. The fourth-order valence-corrected chi connectivity index (χ4v) is 9.44. The van der Waals surface area contributed by atoms with Crippen molar-refractivity contribution in [2.45, 2.75) is 0 Å². The molecule has 3 nitrogen and oxygen atoms in total. The van der Waals surface area contributed by atoms with Crippen molar-refractivity contribution in [2.24, 2.45) is 0 Å². The van der Waals surface area contributed by atoms with E-state index < -0.39 is 0 Å². The largest absolute Gasteiger partial charge is 0.309 e. The standard InChI is InChI=1S/C54H35N3/c1-3-15-36(16-4-1)37-29-31-40(32-30-37)56-47-26-11-8-22-44(47)53-50(56)33-34-51-54(53)45-23-9-12-27-48(45)57(51)41-20-13-17-38(35-41)42-24-14-28-49-52(42)43-21-7-10-25-46(43)55(49)39-18-5-2-6-19-39/h1-35H. The van der Waals surface area contributed by atoms with Crippen molar-refractivity contribution < 1.29 is 0 Å². The molecule has 0 saturated carbocycles. The van der Waals surface area contributed by atoms with Crippen LogP contribution in [0.15, 0.2) is 212 Å². The van der Waals surface area contributed by atoms with Gasteiger partial charge >= 0.3 is 0 Å². The van der Waals surface area contributed by atoms with Crippen molar-refractivity contribution in [3.63, 3.8) is 0 Å². The molecule has 3 aromatic heterocycles. The molecule has 0 unspecified atom stereocenters. The molecule has 57 heavy (non-hydrogen) atoms. The molecule has 0 saturated heterocycles. The van der Waals surface area contributed by atoms with Gasteiger partial charge in [-0.25, -0.2) is 0 Å². The zero-order valence-electron chi connectivity index (χ0n) is 31.0. The highest BCUT2D eigenvalue weighted by atomic mass is 15.0. The maximum atomic E-state index is 2.46. The van der Waals surface area contributed by atoms with Crippen LogP contribution >= 0.6 is 0 Å². The minimum Gasteiger partial charge on any atom is -0.309 e. The first kappa shape index (κ1) is 31.7. The molecule has 0 aliphatic heterocycles. The zero-order chi connectivity index (χ0) is 37.5. The molecule has 0 spiro atoms. The fraction of sp³-hybridized carbons (Fsp3) is 0. The molecule has 0 N–H and O–H groups in total. The molecule has 0 fully saturated rings. The molecule has 3 heterocycles. The minimum atomic E-state index is 1.14. The highest BCUT2D eigenvalue weighted by molar-refractivity contribution is 6.29. The molecule has 266 valence electrons. The molecule has 0 atom stereocenters. The SMILES string of the molecule is c1ccc(-c2ccc(-n3c4ccccc4c4c5c6ccccc6n(-c6cccc(-c7cccc8c7c7ccccc7n8-c7ccccc7)c6)c5ccc43)cc2)cc1. The maximum Gasteiger partial charge on any atom is 0.0548 e. The monoisotopic (exact) mass is 725 g/mol. The van der Waals surface area contributed by atoms with Gasteiger partial charge in [0.15, 0.2) is 0 Å². The van der Waals surface area contributed by atoms with E-state index in [1.54, 1.807) is 0 Å². The summed E-state index contributed by atoms with van der Waals surface area (Å²) in [6, 6.07) is 77.3. The summed E-state index contributed by atoms with van der Waals surface area (Å²) in [4.78, 5) is 0. The topological polar surface area (TPSA) is 14.8 Å². The van der Waals surface area contributed by atoms with Gasteiger partial charge in [-0.2, -0.15) is 0 Å². The summed E-state index contributed by atoms with van der Waals surface area (Å²) in [5, 5.41) is 7.57. The molecule has 12 rings (SSSR count). The van der Waals surface area contributed by atoms with Crippen LogP contribution in [0.5, 0.6) is 0 Å². The van der Waals surface area contributed by atoms with Crippen LogP contribution in [-0.2, 0) is 0 Å². The van der Waals surface area contributed by atoms with Crippen LogP contribution in [0.25, 0.3) is 105 Å². The van der Waals surface area contributed by atoms with Gasteiger partial charge in [-0.05, 0) is 95.1 Å². The molecule has 0 amide bonds. The first-order chi connectivity index (χ1) is 28.3. The van der Waals surface area contributed by atoms with Gasteiger partial charge in [0.2, 0.25) is 0 Å². The third-order valence-corrected chi connectivity index (χ3v) is 11.8. The van der Waals surface area contributed by atoms with E-state index >= 15 is 0 Å². The number of hydrogen-bond donors (Lipinski definition) is 0. The van der Waals surface area contributed by atoms with E-state index in [4.69, 9.17) is 0 Å². The smallest absolute Gasteiger partial charge is 0.0548 e. The van der Waals surface area contributed by atoms with E-state index in [0.717, 1.165) is 17.1 Å². The van der Waals surface area contributed by atoms with Crippen LogP contribution in [0, 0.1) is 0 Å². The molecular weight excluding hydrogens is 691 g/mol. The van der Waals surface area contributed by atoms with Crippen LogP contribution in [-0.4, -0.2) is 13.7 Å². The second-order valence-corrected chi connectivity index (χ2v) is 14.9. The summed E-state index contributed by atoms with van der Waals surface area (Å²) >= 11 is 0. The molecule has 12 aromatic rings. The molecular formula is C54H35N3. The number of para-hydroxylation sites is 4. The van der Waals surface area contributed by atoms with E-state index in [-0.39, 0.29) is 0 Å². The lowest BCUT2D eigenvalue weighted by molar-refractivity contribution is 1.17. The van der Waals surface area contributed by atoms with Gasteiger partial charge in [-0.15, -0.1) is 0 Å². The number of aromatic nitrogens is 3. The Labute approximate surface area is 329 Å². The molecule has 0 aliphatic rings. The Bertz CT molecular complexity index is 3490. The molecule has 0 aliphatic carbocycles. The second kappa shape index (κ2) is 12.5. The van der Waals surface area contributed by atoms with E-state index in [1.165, 1.54) is 87.7 Å². The maximum absolute atomic E-state index is 2.46. The van der Waals surface area contributed by atoms with E-state index in [0.29, 0.717) is 0 Å². The average Bonchev–Trinajstić information content (AvgIpc) is 3.93. The van der Waals surface area contributed by atoms with Crippen molar-refractivity contribution in [3.8, 4) is 39.3 Å². The summed E-state index contributed by atoms with van der Waals surface area (Å²) in [6.45, 7) is 0. The number of nitrogens with zero attached hydrogens (tertiary/aromatic N) is 3. The third kappa shape index (κ3) is 4.73. The van der Waals surface area contributed by atoms with Crippen molar-refractivity contribution in [1.82, 2.24) is 13.7 Å². The molecule has 0 bridgehead atoms. The van der Waals surface area contributed by atoms with Crippen LogP contribution in [0.4, 0.5) is 0 Å². The highest BCUT2D eigenvalue weighted by Gasteiger charge is 2.21. The van der Waals surface area contributed by atoms with Gasteiger partial charge < -0.3 is 13.7 Å². The van der Waals surface area contributed by atoms with Crippen molar-refractivity contribution in [2.75, 3.05) is 0 Å².